The Balaban J connectivity index is 1.95. The molecule has 2 aromatic carbocycles. The summed E-state index contributed by atoms with van der Waals surface area (Å²) in [5.41, 5.74) is 2.74. The summed E-state index contributed by atoms with van der Waals surface area (Å²) < 4.78 is 0.975. The molecule has 0 aliphatic carbocycles. The van der Waals surface area contributed by atoms with Crippen LogP contribution in [0.2, 0.25) is 0 Å². The predicted molar refractivity (Wildman–Crippen MR) is 86.3 cm³/mol. The largest absolute Gasteiger partial charge is 0.294 e. The molecule has 0 heterocycles. The fourth-order valence-corrected chi connectivity index (χ4v) is 2.10. The number of ketones is 1. The van der Waals surface area contributed by atoms with Crippen molar-refractivity contribution in [3.05, 3.63) is 70.2 Å². The number of carbonyl (C=O) groups excluding carboxylic acids is 1. The van der Waals surface area contributed by atoms with Gasteiger partial charge in [0.1, 0.15) is 0 Å². The maximum absolute atomic E-state index is 12.1. The van der Waals surface area contributed by atoms with Crippen molar-refractivity contribution in [2.24, 2.45) is 4.99 Å². The molecule has 102 valence electrons. The Labute approximate surface area is 127 Å². The standard InChI is InChI=1S/C17H16BrNO/c1-13(19-12-14-5-3-2-4-6-14)11-17(20)15-7-9-16(18)10-8-15/h2-10H,11-12H2,1H3. The van der Waals surface area contributed by atoms with Gasteiger partial charge in [-0.25, -0.2) is 0 Å². The number of hydrogen-bond donors (Lipinski definition) is 0. The summed E-state index contributed by atoms with van der Waals surface area (Å²) in [7, 11) is 0. The molecule has 0 amide bonds. The van der Waals surface area contributed by atoms with E-state index >= 15 is 0 Å². The fraction of sp³-hybridized carbons (Fsp3) is 0.176. The molecule has 20 heavy (non-hydrogen) atoms. The molecule has 0 saturated heterocycles. The molecule has 0 saturated carbocycles. The van der Waals surface area contributed by atoms with Gasteiger partial charge in [-0.2, -0.15) is 0 Å². The summed E-state index contributed by atoms with van der Waals surface area (Å²) in [6, 6.07) is 17.5. The Morgan fingerprint density at radius 2 is 1.70 bits per heavy atom. The predicted octanol–water partition coefficient (Wildman–Crippen LogP) is 4.68. The first-order valence-electron chi connectivity index (χ1n) is 6.48. The minimum atomic E-state index is 0.104. The molecule has 0 atom stereocenters. The zero-order valence-electron chi connectivity index (χ0n) is 11.3. The van der Waals surface area contributed by atoms with E-state index in [-0.39, 0.29) is 5.78 Å². The van der Waals surface area contributed by atoms with Gasteiger partial charge < -0.3 is 0 Å². The summed E-state index contributed by atoms with van der Waals surface area (Å²) in [6.45, 7) is 2.53. The number of nitrogens with zero attached hydrogens (tertiary/aromatic N) is 1. The van der Waals surface area contributed by atoms with Crippen LogP contribution in [0, 0.1) is 0 Å². The number of carbonyl (C=O) groups is 1. The molecule has 3 heteroatoms. The third-order valence-corrected chi connectivity index (χ3v) is 3.49. The number of rotatable bonds is 5. The number of hydrogen-bond acceptors (Lipinski definition) is 2. The second-order valence-electron chi connectivity index (χ2n) is 4.64. The van der Waals surface area contributed by atoms with Crippen molar-refractivity contribution < 1.29 is 4.79 Å². The smallest absolute Gasteiger partial charge is 0.168 e. The summed E-state index contributed by atoms with van der Waals surface area (Å²) in [6.07, 6.45) is 0.370. The highest BCUT2D eigenvalue weighted by Crippen LogP contribution is 2.12. The van der Waals surface area contributed by atoms with E-state index in [4.69, 9.17) is 0 Å². The second kappa shape index (κ2) is 7.15. The monoisotopic (exact) mass is 329 g/mol. The minimum absolute atomic E-state index is 0.104. The zero-order chi connectivity index (χ0) is 14.4. The molecule has 0 aromatic heterocycles. The lowest BCUT2D eigenvalue weighted by Crippen LogP contribution is -2.05. The fourth-order valence-electron chi connectivity index (χ4n) is 1.84. The van der Waals surface area contributed by atoms with Crippen LogP contribution in [0.1, 0.15) is 29.3 Å². The quantitative estimate of drug-likeness (QED) is 0.578. The van der Waals surface area contributed by atoms with Crippen LogP contribution in [0.15, 0.2) is 64.1 Å². The van der Waals surface area contributed by atoms with Gasteiger partial charge in [0.15, 0.2) is 5.78 Å². The van der Waals surface area contributed by atoms with Gasteiger partial charge in [-0.15, -0.1) is 0 Å². The topological polar surface area (TPSA) is 29.4 Å². The van der Waals surface area contributed by atoms with E-state index in [1.165, 1.54) is 0 Å². The third-order valence-electron chi connectivity index (χ3n) is 2.96. The Morgan fingerprint density at radius 3 is 2.35 bits per heavy atom. The molecule has 0 fully saturated rings. The molecule has 2 rings (SSSR count). The highest BCUT2D eigenvalue weighted by atomic mass is 79.9. The number of Topliss-reactive ketones (excluding diaryl/α,β-unsaturated/α-hetero) is 1. The second-order valence-corrected chi connectivity index (χ2v) is 5.56. The highest BCUT2D eigenvalue weighted by molar-refractivity contribution is 9.10. The first kappa shape index (κ1) is 14.7. The summed E-state index contributed by atoms with van der Waals surface area (Å²) in [4.78, 5) is 16.5. The maximum atomic E-state index is 12.1. The van der Waals surface area contributed by atoms with Crippen LogP contribution in [0.25, 0.3) is 0 Å². The molecular formula is C17H16BrNO. The van der Waals surface area contributed by atoms with Crippen molar-refractivity contribution in [3.8, 4) is 0 Å². The molecule has 0 aliphatic rings. The first-order valence-corrected chi connectivity index (χ1v) is 7.27. The summed E-state index contributed by atoms with van der Waals surface area (Å²) in [5, 5.41) is 0. The van der Waals surface area contributed by atoms with Gasteiger partial charge in [0.2, 0.25) is 0 Å². The van der Waals surface area contributed by atoms with Crippen molar-refractivity contribution in [1.29, 1.82) is 0 Å². The van der Waals surface area contributed by atoms with Crippen molar-refractivity contribution in [1.82, 2.24) is 0 Å². The van der Waals surface area contributed by atoms with Crippen LogP contribution >= 0.6 is 15.9 Å². The lowest BCUT2D eigenvalue weighted by Gasteiger charge is -2.02. The molecule has 0 unspecified atom stereocenters. The molecule has 0 bridgehead atoms. The number of benzene rings is 2. The Bertz CT molecular complexity index is 603. The third kappa shape index (κ3) is 4.42. The van der Waals surface area contributed by atoms with E-state index < -0.39 is 0 Å². The van der Waals surface area contributed by atoms with Gasteiger partial charge in [0, 0.05) is 22.2 Å². The lowest BCUT2D eigenvalue weighted by atomic mass is 10.1. The zero-order valence-corrected chi connectivity index (χ0v) is 12.9. The van der Waals surface area contributed by atoms with Gasteiger partial charge in [-0.3, -0.25) is 9.79 Å². The van der Waals surface area contributed by atoms with Crippen molar-refractivity contribution in [3.63, 3.8) is 0 Å². The molecule has 2 aromatic rings. The Hall–Kier alpha value is -1.74. The van der Waals surface area contributed by atoms with Gasteiger partial charge >= 0.3 is 0 Å². The van der Waals surface area contributed by atoms with Crippen LogP contribution in [0.4, 0.5) is 0 Å². The van der Waals surface area contributed by atoms with Crippen molar-refractivity contribution in [2.75, 3.05) is 0 Å². The van der Waals surface area contributed by atoms with E-state index in [2.05, 4.69) is 20.9 Å². The normalized spacial score (nSPS) is 11.4. The van der Waals surface area contributed by atoms with Crippen LogP contribution < -0.4 is 0 Å². The van der Waals surface area contributed by atoms with Crippen molar-refractivity contribution in [2.45, 2.75) is 19.9 Å². The average Bonchev–Trinajstić information content (AvgIpc) is 2.47. The van der Waals surface area contributed by atoms with E-state index in [1.807, 2.05) is 61.5 Å². The molecule has 0 aliphatic heterocycles. The molecule has 2 nitrogen and oxygen atoms in total. The van der Waals surface area contributed by atoms with Crippen LogP contribution in [0.3, 0.4) is 0 Å². The molecule has 0 radical (unpaired) electrons. The molecule has 0 N–H and O–H groups in total. The molecular weight excluding hydrogens is 314 g/mol. The summed E-state index contributed by atoms with van der Waals surface area (Å²) >= 11 is 3.36. The van der Waals surface area contributed by atoms with Crippen molar-refractivity contribution >= 4 is 27.4 Å². The van der Waals surface area contributed by atoms with Gasteiger partial charge in [-0.1, -0.05) is 58.4 Å². The Kier molecular flexibility index (Phi) is 5.24. The highest BCUT2D eigenvalue weighted by Gasteiger charge is 2.07. The SMILES string of the molecule is CC(CC(=O)c1ccc(Br)cc1)=NCc1ccccc1. The lowest BCUT2D eigenvalue weighted by molar-refractivity contribution is 0.100. The summed E-state index contributed by atoms with van der Waals surface area (Å²) in [5.74, 6) is 0.104. The molecule has 0 spiro atoms. The maximum Gasteiger partial charge on any atom is 0.168 e. The van der Waals surface area contributed by atoms with E-state index in [9.17, 15) is 4.79 Å². The minimum Gasteiger partial charge on any atom is -0.294 e. The van der Waals surface area contributed by atoms with Crippen LogP contribution in [0.5, 0.6) is 0 Å². The van der Waals surface area contributed by atoms with Crippen LogP contribution in [-0.2, 0) is 6.54 Å². The van der Waals surface area contributed by atoms with Crippen LogP contribution in [-0.4, -0.2) is 11.5 Å². The van der Waals surface area contributed by atoms with Gasteiger partial charge in [0.05, 0.1) is 6.54 Å². The van der Waals surface area contributed by atoms with E-state index in [0.717, 1.165) is 21.3 Å². The van der Waals surface area contributed by atoms with E-state index in [1.54, 1.807) is 0 Å². The van der Waals surface area contributed by atoms with Gasteiger partial charge in [-0.05, 0) is 24.6 Å². The number of halogens is 1. The first-order chi connectivity index (χ1) is 9.65. The number of aliphatic imine (C=N–C) groups is 1. The van der Waals surface area contributed by atoms with Gasteiger partial charge in [0.25, 0.3) is 0 Å². The average molecular weight is 330 g/mol. The Morgan fingerprint density at radius 1 is 1.05 bits per heavy atom. The van der Waals surface area contributed by atoms with E-state index in [0.29, 0.717) is 13.0 Å².